The van der Waals surface area contributed by atoms with Crippen molar-refractivity contribution in [2.45, 2.75) is 25.4 Å². The first-order chi connectivity index (χ1) is 8.45. The monoisotopic (exact) mass is 272 g/mol. The highest BCUT2D eigenvalue weighted by Gasteiger charge is 2.26. The Morgan fingerprint density at radius 3 is 2.72 bits per heavy atom. The van der Waals surface area contributed by atoms with E-state index >= 15 is 0 Å². The van der Waals surface area contributed by atoms with Crippen molar-refractivity contribution in [1.82, 2.24) is 10.2 Å². The Labute approximate surface area is 112 Å². The number of nitrogens with one attached hydrogen (secondary N) is 1. The van der Waals surface area contributed by atoms with E-state index in [1.54, 1.807) is 35.9 Å². The maximum Gasteiger partial charge on any atom is 0.317 e. The summed E-state index contributed by atoms with van der Waals surface area (Å²) in [5.41, 5.74) is 0. The summed E-state index contributed by atoms with van der Waals surface area (Å²) in [6, 6.07) is -0.180. The Hall–Kier alpha value is -1.17. The molecule has 2 N–H and O–H groups in total. The molecule has 6 heteroatoms. The predicted octanol–water partition coefficient (Wildman–Crippen LogP) is 1.41. The quantitative estimate of drug-likeness (QED) is 0.742. The zero-order chi connectivity index (χ0) is 13.7. The minimum Gasteiger partial charge on any atom is -0.481 e. The second-order valence-corrected chi connectivity index (χ2v) is 5.45. The number of carbonyl (C=O) groups excluding carboxylic acids is 1. The fourth-order valence-electron chi connectivity index (χ4n) is 1.80. The third kappa shape index (κ3) is 3.94. The summed E-state index contributed by atoms with van der Waals surface area (Å²) >= 11 is 1.69. The van der Waals surface area contributed by atoms with E-state index in [2.05, 4.69) is 5.32 Å². The van der Waals surface area contributed by atoms with Gasteiger partial charge in [-0.2, -0.15) is 11.8 Å². The van der Waals surface area contributed by atoms with Crippen molar-refractivity contribution in [2.75, 3.05) is 19.1 Å². The molecule has 5 nitrogen and oxygen atoms in total. The number of aliphatic carboxylic acids is 1. The number of carboxylic acids is 1. The Kier molecular flexibility index (Phi) is 5.53. The first-order valence-corrected chi connectivity index (χ1v) is 7.28. The fraction of sp³-hybridized carbons (Fsp3) is 0.667. The van der Waals surface area contributed by atoms with Gasteiger partial charge in [0, 0.05) is 18.8 Å². The zero-order valence-electron chi connectivity index (χ0n) is 10.9. The molecule has 3 unspecified atom stereocenters. The third-order valence-corrected chi connectivity index (χ3v) is 3.91. The second kappa shape index (κ2) is 6.68. The maximum atomic E-state index is 11.9. The van der Waals surface area contributed by atoms with Crippen molar-refractivity contribution in [3.05, 3.63) is 12.2 Å². The van der Waals surface area contributed by atoms with Crippen molar-refractivity contribution in [2.24, 2.45) is 5.92 Å². The van der Waals surface area contributed by atoms with Crippen LogP contribution in [0.4, 0.5) is 4.79 Å². The first-order valence-electron chi connectivity index (χ1n) is 5.89. The molecule has 1 aliphatic rings. The summed E-state index contributed by atoms with van der Waals surface area (Å²) in [7, 11) is 1.75. The number of amides is 2. The number of urea groups is 1. The molecule has 0 spiro atoms. The Morgan fingerprint density at radius 2 is 2.22 bits per heavy atom. The SMILES string of the molecule is CSCC(C)N(C)C(=O)NC1C=CC(C(=O)O)C1. The van der Waals surface area contributed by atoms with Crippen LogP contribution in [0.25, 0.3) is 0 Å². The molecule has 0 radical (unpaired) electrons. The van der Waals surface area contributed by atoms with Gasteiger partial charge in [-0.1, -0.05) is 12.2 Å². The van der Waals surface area contributed by atoms with E-state index < -0.39 is 11.9 Å². The summed E-state index contributed by atoms with van der Waals surface area (Å²) in [6.45, 7) is 1.99. The smallest absolute Gasteiger partial charge is 0.317 e. The van der Waals surface area contributed by atoms with Gasteiger partial charge in [0.15, 0.2) is 0 Å². The second-order valence-electron chi connectivity index (χ2n) is 4.54. The van der Waals surface area contributed by atoms with E-state index in [0.29, 0.717) is 6.42 Å². The van der Waals surface area contributed by atoms with E-state index in [-0.39, 0.29) is 18.1 Å². The molecule has 0 aromatic heterocycles. The topological polar surface area (TPSA) is 69.6 Å². The summed E-state index contributed by atoms with van der Waals surface area (Å²) in [5.74, 6) is -0.446. The van der Waals surface area contributed by atoms with Crippen molar-refractivity contribution >= 4 is 23.8 Å². The van der Waals surface area contributed by atoms with Crippen LogP contribution in [0, 0.1) is 5.92 Å². The average Bonchev–Trinajstić information content (AvgIpc) is 2.77. The maximum absolute atomic E-state index is 11.9. The standard InChI is InChI=1S/C12H20N2O3S/c1-8(7-18-3)14(2)12(17)13-10-5-4-9(6-10)11(15)16/h4-5,8-10H,6-7H2,1-3H3,(H,13,17)(H,15,16). The lowest BCUT2D eigenvalue weighted by Crippen LogP contribution is -2.46. The van der Waals surface area contributed by atoms with Crippen LogP contribution in [-0.4, -0.2) is 53.1 Å². The Morgan fingerprint density at radius 1 is 1.56 bits per heavy atom. The van der Waals surface area contributed by atoms with E-state index in [0.717, 1.165) is 5.75 Å². The largest absolute Gasteiger partial charge is 0.481 e. The van der Waals surface area contributed by atoms with Crippen molar-refractivity contribution in [3.8, 4) is 0 Å². The number of carbonyl (C=O) groups is 2. The molecule has 1 aliphatic carbocycles. The molecule has 18 heavy (non-hydrogen) atoms. The lowest BCUT2D eigenvalue weighted by molar-refractivity contribution is -0.140. The van der Waals surface area contributed by atoms with Crippen LogP contribution in [0.15, 0.2) is 12.2 Å². The van der Waals surface area contributed by atoms with Crippen LogP contribution in [0.3, 0.4) is 0 Å². The molecule has 0 fully saturated rings. The van der Waals surface area contributed by atoms with Crippen LogP contribution in [0.2, 0.25) is 0 Å². The number of thioether (sulfide) groups is 1. The average molecular weight is 272 g/mol. The molecule has 2 amide bonds. The molecule has 0 aromatic rings. The van der Waals surface area contributed by atoms with Gasteiger partial charge in [-0.25, -0.2) is 4.79 Å². The first kappa shape index (κ1) is 14.9. The molecule has 0 bridgehead atoms. The van der Waals surface area contributed by atoms with Gasteiger partial charge in [0.05, 0.1) is 12.0 Å². The van der Waals surface area contributed by atoms with Crippen LogP contribution in [0.5, 0.6) is 0 Å². The highest BCUT2D eigenvalue weighted by Crippen LogP contribution is 2.18. The molecular formula is C12H20N2O3S. The van der Waals surface area contributed by atoms with Gasteiger partial charge in [0.25, 0.3) is 0 Å². The molecule has 0 aliphatic heterocycles. The predicted molar refractivity (Wildman–Crippen MR) is 72.8 cm³/mol. The highest BCUT2D eigenvalue weighted by atomic mass is 32.2. The Bertz CT molecular complexity index is 346. The summed E-state index contributed by atoms with van der Waals surface area (Å²) in [4.78, 5) is 24.4. The number of hydrogen-bond donors (Lipinski definition) is 2. The molecule has 102 valence electrons. The lowest BCUT2D eigenvalue weighted by Gasteiger charge is -2.26. The van der Waals surface area contributed by atoms with Gasteiger partial charge in [-0.3, -0.25) is 4.79 Å². The van der Waals surface area contributed by atoms with Crippen molar-refractivity contribution in [1.29, 1.82) is 0 Å². The normalized spacial score (nSPS) is 23.7. The van der Waals surface area contributed by atoms with Gasteiger partial charge in [-0.05, 0) is 19.6 Å². The van der Waals surface area contributed by atoms with Gasteiger partial charge >= 0.3 is 12.0 Å². The molecule has 0 saturated carbocycles. The van der Waals surface area contributed by atoms with Gasteiger partial charge in [-0.15, -0.1) is 0 Å². The lowest BCUT2D eigenvalue weighted by atomic mass is 10.1. The van der Waals surface area contributed by atoms with Crippen LogP contribution in [0.1, 0.15) is 13.3 Å². The summed E-state index contributed by atoms with van der Waals surface area (Å²) < 4.78 is 0. The van der Waals surface area contributed by atoms with Crippen molar-refractivity contribution in [3.63, 3.8) is 0 Å². The molecule has 1 rings (SSSR count). The molecule has 3 atom stereocenters. The van der Waals surface area contributed by atoms with Gasteiger partial charge < -0.3 is 15.3 Å². The minimum absolute atomic E-state index is 0.153. The van der Waals surface area contributed by atoms with Gasteiger partial charge in [0.1, 0.15) is 0 Å². The molecular weight excluding hydrogens is 252 g/mol. The van der Waals surface area contributed by atoms with Gasteiger partial charge in [0.2, 0.25) is 0 Å². The molecule has 0 heterocycles. The zero-order valence-corrected chi connectivity index (χ0v) is 11.7. The fourth-order valence-corrected chi connectivity index (χ4v) is 2.51. The van der Waals surface area contributed by atoms with Crippen LogP contribution < -0.4 is 5.32 Å². The number of rotatable bonds is 5. The summed E-state index contributed by atoms with van der Waals surface area (Å²) in [5, 5.41) is 11.7. The molecule has 0 aromatic carbocycles. The minimum atomic E-state index is -0.841. The highest BCUT2D eigenvalue weighted by molar-refractivity contribution is 7.98. The number of nitrogens with zero attached hydrogens (tertiary/aromatic N) is 1. The van der Waals surface area contributed by atoms with E-state index in [4.69, 9.17) is 5.11 Å². The van der Waals surface area contributed by atoms with Crippen LogP contribution in [-0.2, 0) is 4.79 Å². The van der Waals surface area contributed by atoms with E-state index in [9.17, 15) is 9.59 Å². The Balaban J connectivity index is 2.42. The van der Waals surface area contributed by atoms with Crippen LogP contribution >= 0.6 is 11.8 Å². The number of hydrogen-bond acceptors (Lipinski definition) is 3. The third-order valence-electron chi connectivity index (χ3n) is 3.10. The van der Waals surface area contributed by atoms with Crippen molar-refractivity contribution < 1.29 is 14.7 Å². The number of carboxylic acid groups (broad SMARTS) is 1. The van der Waals surface area contributed by atoms with E-state index in [1.165, 1.54) is 0 Å². The molecule has 0 saturated heterocycles. The summed E-state index contributed by atoms with van der Waals surface area (Å²) in [6.07, 6.45) is 5.83. The van der Waals surface area contributed by atoms with E-state index in [1.807, 2.05) is 13.2 Å².